The van der Waals surface area contributed by atoms with Crippen molar-refractivity contribution in [2.75, 3.05) is 0 Å². The lowest BCUT2D eigenvalue weighted by molar-refractivity contribution is 0.249. The van der Waals surface area contributed by atoms with E-state index in [1.54, 1.807) is 12.1 Å². The monoisotopic (exact) mass is 309 g/mol. The molecule has 1 aromatic carbocycles. The molecule has 0 unspecified atom stereocenters. The molecular weight excluding hydrogens is 305 g/mol. The highest BCUT2D eigenvalue weighted by molar-refractivity contribution is 9.10. The van der Waals surface area contributed by atoms with Gasteiger partial charge < -0.3 is 5.73 Å². The van der Waals surface area contributed by atoms with E-state index in [2.05, 4.69) is 26.5 Å². The fourth-order valence-corrected chi connectivity index (χ4v) is 1.83. The number of benzene rings is 1. The van der Waals surface area contributed by atoms with E-state index in [0.717, 1.165) is 0 Å². The maximum absolute atomic E-state index is 10.3. The highest BCUT2D eigenvalue weighted by atomic mass is 79.9. The number of amides is 2. The molecule has 15 heavy (non-hydrogen) atoms. The summed E-state index contributed by atoms with van der Waals surface area (Å²) in [6, 6.07) is 2.52. The summed E-state index contributed by atoms with van der Waals surface area (Å²) < 4.78 is 0.650. The summed E-state index contributed by atoms with van der Waals surface area (Å²) in [7, 11) is 0. The molecule has 0 aliphatic rings. The molecule has 0 radical (unpaired) electrons. The molecule has 0 fully saturated rings. The molecular formula is C8H6BrCl2N3O. The second kappa shape index (κ2) is 5.34. The number of nitrogens with one attached hydrogen (secondary N) is 1. The molecule has 4 nitrogen and oxygen atoms in total. The normalized spacial score (nSPS) is 10.6. The molecule has 3 N–H and O–H groups in total. The van der Waals surface area contributed by atoms with Crippen molar-refractivity contribution >= 4 is 51.4 Å². The predicted molar refractivity (Wildman–Crippen MR) is 64.5 cm³/mol. The van der Waals surface area contributed by atoms with Crippen LogP contribution in [0.3, 0.4) is 0 Å². The standard InChI is InChI=1S/C8H6BrCl2N3O/c9-6-2-5(10)1-4(7(6)11)3-13-14-8(12)15/h1-3H,(H3,12,14,15). The van der Waals surface area contributed by atoms with Crippen LogP contribution in [0.15, 0.2) is 21.7 Å². The number of nitrogens with two attached hydrogens (primary N) is 1. The van der Waals surface area contributed by atoms with Crippen molar-refractivity contribution in [1.29, 1.82) is 0 Å². The van der Waals surface area contributed by atoms with E-state index in [4.69, 9.17) is 28.9 Å². The van der Waals surface area contributed by atoms with Crippen LogP contribution in [0.2, 0.25) is 10.0 Å². The number of rotatable bonds is 2. The van der Waals surface area contributed by atoms with Crippen LogP contribution >= 0.6 is 39.1 Å². The predicted octanol–water partition coefficient (Wildman–Crippen LogP) is 2.76. The van der Waals surface area contributed by atoms with E-state index in [1.165, 1.54) is 6.21 Å². The number of hydrogen-bond acceptors (Lipinski definition) is 2. The zero-order chi connectivity index (χ0) is 11.4. The van der Waals surface area contributed by atoms with E-state index in [9.17, 15) is 4.79 Å². The van der Waals surface area contributed by atoms with Crippen molar-refractivity contribution in [3.05, 3.63) is 32.2 Å². The number of carbonyl (C=O) groups excluding carboxylic acids is 1. The van der Waals surface area contributed by atoms with Gasteiger partial charge in [-0.25, -0.2) is 10.2 Å². The fraction of sp³-hybridized carbons (Fsp3) is 0. The molecule has 1 aromatic rings. The van der Waals surface area contributed by atoms with Gasteiger partial charge in [-0.2, -0.15) is 5.10 Å². The lowest BCUT2D eigenvalue weighted by atomic mass is 10.2. The molecule has 0 aliphatic carbocycles. The quantitative estimate of drug-likeness (QED) is 0.492. The van der Waals surface area contributed by atoms with Gasteiger partial charge in [0, 0.05) is 15.1 Å². The highest BCUT2D eigenvalue weighted by Gasteiger charge is 2.04. The molecule has 0 heterocycles. The van der Waals surface area contributed by atoms with Crippen LogP contribution in [0.1, 0.15) is 5.56 Å². The van der Waals surface area contributed by atoms with E-state index in [0.29, 0.717) is 20.1 Å². The number of hydrazone groups is 1. The van der Waals surface area contributed by atoms with E-state index in [-0.39, 0.29) is 0 Å². The summed E-state index contributed by atoms with van der Waals surface area (Å²) in [5.41, 5.74) is 7.45. The lowest BCUT2D eigenvalue weighted by Crippen LogP contribution is -2.24. The Hall–Kier alpha value is -0.780. The summed E-state index contributed by atoms with van der Waals surface area (Å²) in [6.45, 7) is 0. The van der Waals surface area contributed by atoms with Gasteiger partial charge in [-0.3, -0.25) is 0 Å². The zero-order valence-electron chi connectivity index (χ0n) is 7.30. The van der Waals surface area contributed by atoms with Crippen molar-refractivity contribution in [3.8, 4) is 0 Å². The first-order chi connectivity index (χ1) is 7.00. The van der Waals surface area contributed by atoms with Gasteiger partial charge in [-0.15, -0.1) is 0 Å². The molecule has 0 aromatic heterocycles. The number of carbonyl (C=O) groups is 1. The van der Waals surface area contributed by atoms with Crippen LogP contribution in [-0.4, -0.2) is 12.2 Å². The number of nitrogens with zero attached hydrogens (tertiary/aromatic N) is 1. The van der Waals surface area contributed by atoms with E-state index in [1.807, 2.05) is 0 Å². The Bertz CT molecular complexity index is 423. The van der Waals surface area contributed by atoms with Crippen LogP contribution in [-0.2, 0) is 0 Å². The van der Waals surface area contributed by atoms with Gasteiger partial charge in [0.05, 0.1) is 11.2 Å². The number of halogens is 3. The average molecular weight is 311 g/mol. The first-order valence-electron chi connectivity index (χ1n) is 3.73. The van der Waals surface area contributed by atoms with E-state index < -0.39 is 6.03 Å². The molecule has 7 heteroatoms. The summed E-state index contributed by atoms with van der Waals surface area (Å²) in [6.07, 6.45) is 1.35. The molecule has 0 aliphatic heterocycles. The Balaban J connectivity index is 2.94. The van der Waals surface area contributed by atoms with Gasteiger partial charge in [0.25, 0.3) is 0 Å². The van der Waals surface area contributed by atoms with Crippen LogP contribution in [0.5, 0.6) is 0 Å². The number of hydrogen-bond donors (Lipinski definition) is 2. The molecule has 2 amide bonds. The van der Waals surface area contributed by atoms with Crippen molar-refractivity contribution in [2.24, 2.45) is 10.8 Å². The lowest BCUT2D eigenvalue weighted by Gasteiger charge is -2.01. The summed E-state index contributed by atoms with van der Waals surface area (Å²) in [5, 5.41) is 4.53. The minimum Gasteiger partial charge on any atom is -0.350 e. The van der Waals surface area contributed by atoms with Crippen molar-refractivity contribution in [1.82, 2.24) is 5.43 Å². The Morgan fingerprint density at radius 2 is 2.20 bits per heavy atom. The van der Waals surface area contributed by atoms with Crippen LogP contribution < -0.4 is 11.2 Å². The zero-order valence-corrected chi connectivity index (χ0v) is 10.4. The molecule has 0 spiro atoms. The summed E-state index contributed by atoms with van der Waals surface area (Å²) in [4.78, 5) is 10.3. The van der Waals surface area contributed by atoms with Gasteiger partial charge in [-0.1, -0.05) is 23.2 Å². The third-order valence-electron chi connectivity index (χ3n) is 1.40. The maximum atomic E-state index is 10.3. The van der Waals surface area contributed by atoms with Gasteiger partial charge in [0.15, 0.2) is 0 Å². The van der Waals surface area contributed by atoms with Crippen molar-refractivity contribution in [3.63, 3.8) is 0 Å². The van der Waals surface area contributed by atoms with Crippen LogP contribution in [0.4, 0.5) is 4.79 Å². The first-order valence-corrected chi connectivity index (χ1v) is 5.28. The average Bonchev–Trinajstić information content (AvgIpc) is 2.12. The maximum Gasteiger partial charge on any atom is 0.332 e. The third kappa shape index (κ3) is 3.70. The van der Waals surface area contributed by atoms with Gasteiger partial charge in [0.1, 0.15) is 0 Å². The second-order valence-electron chi connectivity index (χ2n) is 2.53. The third-order valence-corrected chi connectivity index (χ3v) is 2.89. The Kier molecular flexibility index (Phi) is 4.38. The van der Waals surface area contributed by atoms with Crippen LogP contribution in [0, 0.1) is 0 Å². The molecule has 0 bridgehead atoms. The molecule has 1 rings (SSSR count). The highest BCUT2D eigenvalue weighted by Crippen LogP contribution is 2.28. The van der Waals surface area contributed by atoms with Gasteiger partial charge in [-0.05, 0) is 28.1 Å². The molecule has 0 atom stereocenters. The van der Waals surface area contributed by atoms with Crippen LogP contribution in [0.25, 0.3) is 0 Å². The Morgan fingerprint density at radius 3 is 2.80 bits per heavy atom. The Morgan fingerprint density at radius 1 is 1.53 bits per heavy atom. The van der Waals surface area contributed by atoms with Gasteiger partial charge >= 0.3 is 6.03 Å². The molecule has 0 saturated carbocycles. The number of primary amides is 1. The van der Waals surface area contributed by atoms with Gasteiger partial charge in [0.2, 0.25) is 0 Å². The topological polar surface area (TPSA) is 67.5 Å². The minimum absolute atomic E-state index is 0.453. The first kappa shape index (κ1) is 12.3. The molecule has 80 valence electrons. The van der Waals surface area contributed by atoms with Crippen molar-refractivity contribution in [2.45, 2.75) is 0 Å². The molecule has 0 saturated heterocycles. The van der Waals surface area contributed by atoms with Crippen molar-refractivity contribution < 1.29 is 4.79 Å². The second-order valence-corrected chi connectivity index (χ2v) is 4.19. The summed E-state index contributed by atoms with van der Waals surface area (Å²) >= 11 is 15.0. The minimum atomic E-state index is -0.747. The fourth-order valence-electron chi connectivity index (χ4n) is 0.835. The smallest absolute Gasteiger partial charge is 0.332 e. The number of urea groups is 1. The van der Waals surface area contributed by atoms with E-state index >= 15 is 0 Å². The SMILES string of the molecule is NC(=O)NN=Cc1cc(Cl)cc(Br)c1Cl. The largest absolute Gasteiger partial charge is 0.350 e. The Labute approximate surface area is 105 Å². The summed E-state index contributed by atoms with van der Waals surface area (Å²) in [5.74, 6) is 0.